The summed E-state index contributed by atoms with van der Waals surface area (Å²) in [7, 11) is 0. The molecule has 1 amide bonds. The summed E-state index contributed by atoms with van der Waals surface area (Å²) in [5, 5.41) is 14.4. The Balaban J connectivity index is 1.61. The van der Waals surface area contributed by atoms with Gasteiger partial charge in [-0.2, -0.15) is 0 Å². The van der Waals surface area contributed by atoms with Gasteiger partial charge in [0.25, 0.3) is 5.91 Å². The highest BCUT2D eigenvalue weighted by molar-refractivity contribution is 9.10. The summed E-state index contributed by atoms with van der Waals surface area (Å²) in [6, 6.07) is 7.74. The van der Waals surface area contributed by atoms with Crippen LogP contribution in [0.15, 0.2) is 28.7 Å². The topological polar surface area (TPSA) is 75.1 Å². The number of halogens is 1. The van der Waals surface area contributed by atoms with Gasteiger partial charge < -0.3 is 10.6 Å². The normalized spacial score (nSPS) is 15.4. The van der Waals surface area contributed by atoms with Crippen molar-refractivity contribution in [2.75, 3.05) is 39.3 Å². The van der Waals surface area contributed by atoms with E-state index in [1.165, 1.54) is 0 Å². The number of nitrogens with zero attached hydrogens (tertiary/aromatic N) is 4. The van der Waals surface area contributed by atoms with Gasteiger partial charge in [0.15, 0.2) is 5.69 Å². The maximum absolute atomic E-state index is 12.4. The van der Waals surface area contributed by atoms with Crippen molar-refractivity contribution in [3.8, 4) is 5.69 Å². The smallest absolute Gasteiger partial charge is 0.273 e. The molecule has 1 saturated heterocycles. The number of piperazine rings is 1. The van der Waals surface area contributed by atoms with Crippen LogP contribution in [0.3, 0.4) is 0 Å². The van der Waals surface area contributed by atoms with E-state index in [9.17, 15) is 4.79 Å². The Hall–Kier alpha value is -1.77. The van der Waals surface area contributed by atoms with Crippen LogP contribution in [0.2, 0.25) is 0 Å². The van der Waals surface area contributed by atoms with Crippen LogP contribution in [0.4, 0.5) is 0 Å². The molecule has 0 saturated carbocycles. The average molecular weight is 393 g/mol. The zero-order chi connectivity index (χ0) is 16.9. The number of nitrogens with one attached hydrogen (secondary N) is 2. The molecular formula is C16H21BrN6O. The fourth-order valence-electron chi connectivity index (χ4n) is 2.74. The lowest BCUT2D eigenvalue weighted by molar-refractivity contribution is 0.0941. The first-order valence-electron chi connectivity index (χ1n) is 8.04. The van der Waals surface area contributed by atoms with Crippen LogP contribution in [0.25, 0.3) is 5.69 Å². The van der Waals surface area contributed by atoms with Gasteiger partial charge in [0, 0.05) is 43.7 Å². The van der Waals surface area contributed by atoms with Crippen molar-refractivity contribution in [2.24, 2.45) is 0 Å². The van der Waals surface area contributed by atoms with E-state index in [1.807, 2.05) is 31.2 Å². The summed E-state index contributed by atoms with van der Waals surface area (Å²) in [6.07, 6.45) is 0. The molecule has 1 fully saturated rings. The van der Waals surface area contributed by atoms with E-state index in [2.05, 4.69) is 41.8 Å². The Labute approximate surface area is 149 Å². The number of carbonyl (C=O) groups excluding carboxylic acids is 1. The molecule has 1 aromatic carbocycles. The molecule has 24 heavy (non-hydrogen) atoms. The highest BCUT2D eigenvalue weighted by Gasteiger charge is 2.17. The minimum Gasteiger partial charge on any atom is -0.349 e. The fourth-order valence-corrected chi connectivity index (χ4v) is 3.13. The van der Waals surface area contributed by atoms with Gasteiger partial charge in [-0.15, -0.1) is 5.10 Å². The molecule has 7 nitrogen and oxygen atoms in total. The third-order valence-electron chi connectivity index (χ3n) is 4.09. The number of benzene rings is 1. The van der Waals surface area contributed by atoms with Gasteiger partial charge in [0.2, 0.25) is 0 Å². The van der Waals surface area contributed by atoms with Crippen LogP contribution in [0.5, 0.6) is 0 Å². The lowest BCUT2D eigenvalue weighted by atomic mass is 10.3. The van der Waals surface area contributed by atoms with Gasteiger partial charge in [0.05, 0.1) is 11.4 Å². The van der Waals surface area contributed by atoms with Crippen molar-refractivity contribution in [1.29, 1.82) is 0 Å². The first-order chi connectivity index (χ1) is 11.6. The number of hydrogen-bond acceptors (Lipinski definition) is 5. The van der Waals surface area contributed by atoms with E-state index in [0.717, 1.165) is 48.6 Å². The van der Waals surface area contributed by atoms with Crippen LogP contribution in [-0.4, -0.2) is 65.1 Å². The van der Waals surface area contributed by atoms with Gasteiger partial charge in [-0.05, 0) is 25.1 Å². The first kappa shape index (κ1) is 17.1. The first-order valence-corrected chi connectivity index (χ1v) is 8.84. The third kappa shape index (κ3) is 4.00. The molecule has 1 aromatic heterocycles. The van der Waals surface area contributed by atoms with Crippen LogP contribution >= 0.6 is 15.9 Å². The summed E-state index contributed by atoms with van der Waals surface area (Å²) >= 11 is 3.44. The maximum Gasteiger partial charge on any atom is 0.273 e. The largest absolute Gasteiger partial charge is 0.349 e. The molecule has 2 N–H and O–H groups in total. The van der Waals surface area contributed by atoms with E-state index in [1.54, 1.807) is 4.68 Å². The molecule has 3 rings (SSSR count). The van der Waals surface area contributed by atoms with Crippen molar-refractivity contribution < 1.29 is 4.79 Å². The Morgan fingerprint density at radius 2 is 2.17 bits per heavy atom. The lowest BCUT2D eigenvalue weighted by Gasteiger charge is -2.26. The molecule has 0 aliphatic carbocycles. The molecular weight excluding hydrogens is 372 g/mol. The zero-order valence-corrected chi connectivity index (χ0v) is 15.2. The Morgan fingerprint density at radius 1 is 1.38 bits per heavy atom. The van der Waals surface area contributed by atoms with Crippen molar-refractivity contribution in [1.82, 2.24) is 30.5 Å². The minimum absolute atomic E-state index is 0.177. The van der Waals surface area contributed by atoms with Crippen LogP contribution in [0, 0.1) is 6.92 Å². The van der Waals surface area contributed by atoms with Gasteiger partial charge >= 0.3 is 0 Å². The number of rotatable bonds is 5. The maximum atomic E-state index is 12.4. The van der Waals surface area contributed by atoms with E-state index in [0.29, 0.717) is 12.2 Å². The summed E-state index contributed by atoms with van der Waals surface area (Å²) in [5.74, 6) is -0.177. The van der Waals surface area contributed by atoms with E-state index in [4.69, 9.17) is 0 Å². The number of carbonyl (C=O) groups is 1. The molecule has 1 aliphatic rings. The molecule has 8 heteroatoms. The monoisotopic (exact) mass is 392 g/mol. The van der Waals surface area contributed by atoms with Crippen LogP contribution in [-0.2, 0) is 0 Å². The minimum atomic E-state index is -0.177. The predicted molar refractivity (Wildman–Crippen MR) is 95.4 cm³/mol. The molecule has 2 aromatic rings. The summed E-state index contributed by atoms with van der Waals surface area (Å²) in [4.78, 5) is 14.7. The Bertz CT molecular complexity index is 710. The second-order valence-electron chi connectivity index (χ2n) is 5.76. The van der Waals surface area contributed by atoms with Crippen molar-refractivity contribution >= 4 is 21.8 Å². The van der Waals surface area contributed by atoms with Gasteiger partial charge in [-0.3, -0.25) is 9.69 Å². The second kappa shape index (κ2) is 7.87. The molecule has 0 unspecified atom stereocenters. The SMILES string of the molecule is Cc1c(C(=O)NCCN2CCNCC2)nnn1-c1cccc(Br)c1. The zero-order valence-electron chi connectivity index (χ0n) is 13.6. The average Bonchev–Trinajstić information content (AvgIpc) is 2.97. The van der Waals surface area contributed by atoms with Gasteiger partial charge in [0.1, 0.15) is 0 Å². The van der Waals surface area contributed by atoms with E-state index < -0.39 is 0 Å². The Morgan fingerprint density at radius 3 is 2.92 bits per heavy atom. The highest BCUT2D eigenvalue weighted by atomic mass is 79.9. The van der Waals surface area contributed by atoms with Gasteiger partial charge in [-0.25, -0.2) is 4.68 Å². The predicted octanol–water partition coefficient (Wildman–Crippen LogP) is 0.973. The molecule has 0 bridgehead atoms. The highest BCUT2D eigenvalue weighted by Crippen LogP contribution is 2.17. The quantitative estimate of drug-likeness (QED) is 0.792. The van der Waals surface area contributed by atoms with Crippen molar-refractivity contribution in [3.05, 3.63) is 40.1 Å². The number of amides is 1. The van der Waals surface area contributed by atoms with Gasteiger partial charge in [-0.1, -0.05) is 27.2 Å². The van der Waals surface area contributed by atoms with Crippen molar-refractivity contribution in [3.63, 3.8) is 0 Å². The molecule has 1 aliphatic heterocycles. The Kier molecular flexibility index (Phi) is 5.60. The molecule has 2 heterocycles. The second-order valence-corrected chi connectivity index (χ2v) is 6.68. The molecule has 0 spiro atoms. The van der Waals surface area contributed by atoms with Crippen LogP contribution in [0.1, 0.15) is 16.2 Å². The lowest BCUT2D eigenvalue weighted by Crippen LogP contribution is -2.46. The van der Waals surface area contributed by atoms with Crippen LogP contribution < -0.4 is 10.6 Å². The number of aromatic nitrogens is 3. The summed E-state index contributed by atoms with van der Waals surface area (Å²) < 4.78 is 2.63. The summed E-state index contributed by atoms with van der Waals surface area (Å²) in [6.45, 7) is 7.38. The molecule has 128 valence electrons. The molecule has 0 radical (unpaired) electrons. The standard InChI is InChI=1S/C16H21BrN6O/c1-12-15(16(24)19-7-10-22-8-5-18-6-9-22)20-21-23(12)14-4-2-3-13(17)11-14/h2-4,11,18H,5-10H2,1H3,(H,19,24). The molecule has 0 atom stereocenters. The number of hydrogen-bond donors (Lipinski definition) is 2. The third-order valence-corrected chi connectivity index (χ3v) is 4.58. The fraction of sp³-hybridized carbons (Fsp3) is 0.438. The van der Waals surface area contributed by atoms with E-state index >= 15 is 0 Å². The van der Waals surface area contributed by atoms with E-state index in [-0.39, 0.29) is 5.91 Å². The van der Waals surface area contributed by atoms with Crippen molar-refractivity contribution in [2.45, 2.75) is 6.92 Å². The summed E-state index contributed by atoms with van der Waals surface area (Å²) in [5.41, 5.74) is 1.97.